The Kier molecular flexibility index (Phi) is 8.06. The highest BCUT2D eigenvalue weighted by atomic mass is 16.5. The molecule has 1 saturated carbocycles. The first-order valence-electron chi connectivity index (χ1n) is 12.6. The summed E-state index contributed by atoms with van der Waals surface area (Å²) in [6.07, 6.45) is 3.66. The standard InChI is InChI=1S/C28H34N2O5/c1-2-19(14-15-26(31)30-25-13-7-8-18(25)16-27(32)33)29-28(34)35-17-24-22-11-5-3-9-20(22)21-10-4-6-12-23(21)24/h3-6,9-12,18-19,24-25H,2,7-8,13-17H2,1H3,(H,29,34)(H,30,31)(H,32,33). The van der Waals surface area contributed by atoms with Gasteiger partial charge in [0.15, 0.2) is 0 Å². The summed E-state index contributed by atoms with van der Waals surface area (Å²) in [6.45, 7) is 2.22. The lowest BCUT2D eigenvalue weighted by atomic mass is 9.98. The number of carbonyl (C=O) groups excluding carboxylic acids is 2. The summed E-state index contributed by atoms with van der Waals surface area (Å²) >= 11 is 0. The van der Waals surface area contributed by atoms with E-state index in [0.29, 0.717) is 12.8 Å². The average Bonchev–Trinajstić information content (AvgIpc) is 3.41. The van der Waals surface area contributed by atoms with Crippen molar-refractivity contribution < 1.29 is 24.2 Å². The topological polar surface area (TPSA) is 105 Å². The van der Waals surface area contributed by atoms with Crippen LogP contribution >= 0.6 is 0 Å². The van der Waals surface area contributed by atoms with Crippen LogP contribution in [0.25, 0.3) is 11.1 Å². The first-order chi connectivity index (χ1) is 17.0. The number of carboxylic acids is 1. The molecule has 0 spiro atoms. The molecule has 0 saturated heterocycles. The molecule has 0 aromatic heterocycles. The number of rotatable bonds is 10. The number of hydrogen-bond donors (Lipinski definition) is 3. The van der Waals surface area contributed by atoms with Crippen molar-refractivity contribution in [2.75, 3.05) is 6.61 Å². The fourth-order valence-electron chi connectivity index (χ4n) is 5.46. The number of benzene rings is 2. The maximum Gasteiger partial charge on any atom is 0.407 e. The van der Waals surface area contributed by atoms with Crippen molar-refractivity contribution in [1.82, 2.24) is 10.6 Å². The van der Waals surface area contributed by atoms with E-state index >= 15 is 0 Å². The average molecular weight is 479 g/mol. The first kappa shape index (κ1) is 24.8. The zero-order valence-corrected chi connectivity index (χ0v) is 20.2. The minimum Gasteiger partial charge on any atom is -0.481 e. The Morgan fingerprint density at radius 2 is 1.69 bits per heavy atom. The van der Waals surface area contributed by atoms with Crippen LogP contribution in [-0.2, 0) is 14.3 Å². The van der Waals surface area contributed by atoms with Gasteiger partial charge in [0.25, 0.3) is 0 Å². The van der Waals surface area contributed by atoms with Crippen LogP contribution < -0.4 is 10.6 Å². The van der Waals surface area contributed by atoms with Gasteiger partial charge in [0.2, 0.25) is 5.91 Å². The lowest BCUT2D eigenvalue weighted by Crippen LogP contribution is -2.40. The van der Waals surface area contributed by atoms with Crippen molar-refractivity contribution in [2.24, 2.45) is 5.92 Å². The Balaban J connectivity index is 1.25. The van der Waals surface area contributed by atoms with E-state index in [4.69, 9.17) is 9.84 Å². The van der Waals surface area contributed by atoms with E-state index < -0.39 is 12.1 Å². The SMILES string of the molecule is CCC(CCC(=O)NC1CCCC1CC(=O)O)NC(=O)OCC1c2ccccc2-c2ccccc21. The van der Waals surface area contributed by atoms with Crippen LogP contribution in [0.2, 0.25) is 0 Å². The van der Waals surface area contributed by atoms with E-state index in [1.54, 1.807) is 0 Å². The van der Waals surface area contributed by atoms with Gasteiger partial charge < -0.3 is 20.5 Å². The minimum absolute atomic E-state index is 0.00243. The molecule has 7 heteroatoms. The van der Waals surface area contributed by atoms with E-state index in [9.17, 15) is 14.4 Å². The van der Waals surface area contributed by atoms with Crippen LogP contribution in [0, 0.1) is 5.92 Å². The lowest BCUT2D eigenvalue weighted by Gasteiger charge is -2.21. The number of aliphatic carboxylic acids is 1. The molecule has 3 unspecified atom stereocenters. The molecule has 2 aromatic carbocycles. The molecule has 0 aliphatic heterocycles. The van der Waals surface area contributed by atoms with Crippen molar-refractivity contribution in [2.45, 2.75) is 69.9 Å². The quantitative estimate of drug-likeness (QED) is 0.453. The van der Waals surface area contributed by atoms with E-state index in [1.807, 2.05) is 31.2 Å². The van der Waals surface area contributed by atoms with E-state index in [2.05, 4.69) is 34.9 Å². The van der Waals surface area contributed by atoms with Crippen molar-refractivity contribution in [1.29, 1.82) is 0 Å². The smallest absolute Gasteiger partial charge is 0.407 e. The largest absolute Gasteiger partial charge is 0.481 e. The van der Waals surface area contributed by atoms with Gasteiger partial charge in [-0.25, -0.2) is 4.79 Å². The normalized spacial score (nSPS) is 19.5. The predicted octanol–water partition coefficient (Wildman–Crippen LogP) is 4.84. The molecule has 1 fully saturated rings. The van der Waals surface area contributed by atoms with Gasteiger partial charge in [-0.15, -0.1) is 0 Å². The van der Waals surface area contributed by atoms with Crippen molar-refractivity contribution >= 4 is 18.0 Å². The molecule has 3 N–H and O–H groups in total. The summed E-state index contributed by atoms with van der Waals surface area (Å²) in [5.41, 5.74) is 4.70. The van der Waals surface area contributed by atoms with Crippen LogP contribution in [0.1, 0.15) is 68.9 Å². The zero-order valence-electron chi connectivity index (χ0n) is 20.2. The molecule has 3 atom stereocenters. The van der Waals surface area contributed by atoms with Crippen molar-refractivity contribution in [3.05, 3.63) is 59.7 Å². The fraction of sp³-hybridized carbons (Fsp3) is 0.464. The number of ether oxygens (including phenoxy) is 1. The maximum absolute atomic E-state index is 12.6. The van der Waals surface area contributed by atoms with Crippen LogP contribution in [0.3, 0.4) is 0 Å². The Bertz CT molecular complexity index is 1020. The molecular weight excluding hydrogens is 444 g/mol. The summed E-state index contributed by atoms with van der Waals surface area (Å²) in [6, 6.07) is 16.2. The molecule has 0 bridgehead atoms. The van der Waals surface area contributed by atoms with Crippen LogP contribution in [0.4, 0.5) is 4.79 Å². The highest BCUT2D eigenvalue weighted by Crippen LogP contribution is 2.44. The monoisotopic (exact) mass is 478 g/mol. The number of carboxylic acid groups (broad SMARTS) is 1. The third-order valence-corrected chi connectivity index (χ3v) is 7.32. The van der Waals surface area contributed by atoms with Crippen molar-refractivity contribution in [3.8, 4) is 11.1 Å². The van der Waals surface area contributed by atoms with Crippen LogP contribution in [-0.4, -0.2) is 41.8 Å². The Morgan fingerprint density at radius 3 is 2.31 bits per heavy atom. The number of amides is 2. The highest BCUT2D eigenvalue weighted by Gasteiger charge is 2.31. The number of alkyl carbamates (subject to hydrolysis) is 1. The number of fused-ring (bicyclic) bond motifs is 3. The molecule has 4 rings (SSSR count). The lowest BCUT2D eigenvalue weighted by molar-refractivity contribution is -0.138. The molecular formula is C28H34N2O5. The summed E-state index contributed by atoms with van der Waals surface area (Å²) in [7, 11) is 0. The van der Waals surface area contributed by atoms with Gasteiger partial charge in [-0.05, 0) is 53.9 Å². The third-order valence-electron chi connectivity index (χ3n) is 7.32. The molecule has 7 nitrogen and oxygen atoms in total. The number of carbonyl (C=O) groups is 3. The molecule has 186 valence electrons. The second-order valence-electron chi connectivity index (χ2n) is 9.58. The third kappa shape index (κ3) is 6.02. The van der Waals surface area contributed by atoms with E-state index in [-0.39, 0.29) is 49.3 Å². The highest BCUT2D eigenvalue weighted by molar-refractivity contribution is 5.79. The molecule has 2 aromatic rings. The van der Waals surface area contributed by atoms with Crippen molar-refractivity contribution in [3.63, 3.8) is 0 Å². The zero-order chi connectivity index (χ0) is 24.8. The van der Waals surface area contributed by atoms with Gasteiger partial charge in [-0.2, -0.15) is 0 Å². The Morgan fingerprint density at radius 1 is 1.03 bits per heavy atom. The second kappa shape index (κ2) is 11.4. The molecule has 35 heavy (non-hydrogen) atoms. The Labute approximate surface area is 206 Å². The molecule has 2 aliphatic carbocycles. The summed E-state index contributed by atoms with van der Waals surface area (Å²) in [5.74, 6) is -0.920. The summed E-state index contributed by atoms with van der Waals surface area (Å²) in [4.78, 5) is 36.1. The van der Waals surface area contributed by atoms with E-state index in [1.165, 1.54) is 22.3 Å². The van der Waals surface area contributed by atoms with Crippen LogP contribution in [0.5, 0.6) is 0 Å². The molecule has 0 radical (unpaired) electrons. The molecule has 2 aliphatic rings. The van der Waals surface area contributed by atoms with E-state index in [0.717, 1.165) is 19.3 Å². The van der Waals surface area contributed by atoms with Gasteiger partial charge in [0.05, 0.1) is 6.42 Å². The van der Waals surface area contributed by atoms with Crippen LogP contribution in [0.15, 0.2) is 48.5 Å². The summed E-state index contributed by atoms with van der Waals surface area (Å²) in [5, 5.41) is 15.0. The first-order valence-corrected chi connectivity index (χ1v) is 12.6. The van der Waals surface area contributed by atoms with Gasteiger partial charge >= 0.3 is 12.1 Å². The van der Waals surface area contributed by atoms with Gasteiger partial charge in [0.1, 0.15) is 6.61 Å². The maximum atomic E-state index is 12.6. The minimum atomic E-state index is -0.825. The number of nitrogens with one attached hydrogen (secondary N) is 2. The predicted molar refractivity (Wildman–Crippen MR) is 133 cm³/mol. The summed E-state index contributed by atoms with van der Waals surface area (Å²) < 4.78 is 5.63. The Hall–Kier alpha value is -3.35. The van der Waals surface area contributed by atoms with Gasteiger partial charge in [-0.1, -0.05) is 61.9 Å². The fourth-order valence-corrected chi connectivity index (χ4v) is 5.46. The molecule has 0 heterocycles. The number of hydrogen-bond acceptors (Lipinski definition) is 4. The molecule has 2 amide bonds. The van der Waals surface area contributed by atoms with Gasteiger partial charge in [-0.3, -0.25) is 9.59 Å². The van der Waals surface area contributed by atoms with Gasteiger partial charge in [0, 0.05) is 24.4 Å². The second-order valence-corrected chi connectivity index (χ2v) is 9.58.